The van der Waals surface area contributed by atoms with Crippen molar-refractivity contribution in [1.29, 1.82) is 0 Å². The van der Waals surface area contributed by atoms with Gasteiger partial charge in [-0.05, 0) is 31.4 Å². The first kappa shape index (κ1) is 18.6. The summed E-state index contributed by atoms with van der Waals surface area (Å²) < 4.78 is 16.0. The van der Waals surface area contributed by atoms with Crippen LogP contribution in [-0.4, -0.2) is 43.1 Å². The van der Waals surface area contributed by atoms with Crippen LogP contribution >= 0.6 is 12.4 Å². The highest BCUT2D eigenvalue weighted by Gasteiger charge is 2.27. The standard InChI is InChI=1S/C16H22N2O5.ClH/c17-11-2-1-10(5-11)16(20)18-7-12(19)8-21-13-3-4-14-15(6-13)23-9-22-14;/h3-4,6,10-12,19H,1-2,5,7-9,17H2,(H,18,20);1H. The van der Waals surface area contributed by atoms with E-state index in [1.165, 1.54) is 0 Å². The van der Waals surface area contributed by atoms with E-state index in [2.05, 4.69) is 5.32 Å². The number of aliphatic hydroxyl groups is 1. The van der Waals surface area contributed by atoms with Crippen molar-refractivity contribution in [2.24, 2.45) is 11.7 Å². The van der Waals surface area contributed by atoms with E-state index in [1.54, 1.807) is 18.2 Å². The summed E-state index contributed by atoms with van der Waals surface area (Å²) in [6, 6.07) is 5.34. The Kier molecular flexibility index (Phi) is 6.53. The number of rotatable bonds is 6. The molecular formula is C16H23ClN2O5. The fourth-order valence-electron chi connectivity index (χ4n) is 2.84. The average Bonchev–Trinajstić information content (AvgIpc) is 3.18. The molecule has 3 unspecified atom stereocenters. The highest BCUT2D eigenvalue weighted by Crippen LogP contribution is 2.35. The maximum atomic E-state index is 11.9. The molecule has 0 bridgehead atoms. The van der Waals surface area contributed by atoms with E-state index in [4.69, 9.17) is 19.9 Å². The number of benzene rings is 1. The number of hydrogen-bond donors (Lipinski definition) is 3. The second-order valence-electron chi connectivity index (χ2n) is 6.00. The minimum absolute atomic E-state index is 0. The van der Waals surface area contributed by atoms with E-state index in [1.807, 2.05) is 0 Å². The fraction of sp³-hybridized carbons (Fsp3) is 0.562. The highest BCUT2D eigenvalue weighted by atomic mass is 35.5. The number of nitrogens with two attached hydrogens (primary N) is 1. The lowest BCUT2D eigenvalue weighted by molar-refractivity contribution is -0.125. The Morgan fingerprint density at radius 1 is 1.38 bits per heavy atom. The number of ether oxygens (including phenoxy) is 3. The van der Waals surface area contributed by atoms with Gasteiger partial charge in [0, 0.05) is 24.6 Å². The molecule has 1 heterocycles. The molecule has 1 aromatic rings. The number of carbonyl (C=O) groups excluding carboxylic acids is 1. The molecule has 3 atom stereocenters. The van der Waals surface area contributed by atoms with Crippen molar-refractivity contribution in [3.05, 3.63) is 18.2 Å². The summed E-state index contributed by atoms with van der Waals surface area (Å²) in [5.41, 5.74) is 5.80. The predicted molar refractivity (Wildman–Crippen MR) is 89.6 cm³/mol. The number of aliphatic hydroxyl groups excluding tert-OH is 1. The molecule has 1 aromatic carbocycles. The summed E-state index contributed by atoms with van der Waals surface area (Å²) in [6.45, 7) is 0.456. The first-order chi connectivity index (χ1) is 11.1. The van der Waals surface area contributed by atoms with Crippen molar-refractivity contribution in [1.82, 2.24) is 5.32 Å². The van der Waals surface area contributed by atoms with Gasteiger partial charge in [0.2, 0.25) is 12.7 Å². The third kappa shape index (κ3) is 4.66. The molecule has 134 valence electrons. The Bertz CT molecular complexity index is 571. The lowest BCUT2D eigenvalue weighted by Gasteiger charge is -2.15. The van der Waals surface area contributed by atoms with Crippen LogP contribution < -0.4 is 25.3 Å². The lowest BCUT2D eigenvalue weighted by Crippen LogP contribution is -2.38. The van der Waals surface area contributed by atoms with Crippen LogP contribution in [0.1, 0.15) is 19.3 Å². The largest absolute Gasteiger partial charge is 0.491 e. The molecule has 1 aliphatic carbocycles. The van der Waals surface area contributed by atoms with Gasteiger partial charge < -0.3 is 30.4 Å². The van der Waals surface area contributed by atoms with Crippen LogP contribution in [0, 0.1) is 5.92 Å². The summed E-state index contributed by atoms with van der Waals surface area (Å²) in [5, 5.41) is 12.7. The van der Waals surface area contributed by atoms with E-state index >= 15 is 0 Å². The molecule has 0 radical (unpaired) electrons. The summed E-state index contributed by atoms with van der Waals surface area (Å²) in [7, 11) is 0. The molecule has 8 heteroatoms. The minimum Gasteiger partial charge on any atom is -0.491 e. The van der Waals surface area contributed by atoms with Crippen molar-refractivity contribution in [2.75, 3.05) is 19.9 Å². The van der Waals surface area contributed by atoms with Crippen LogP contribution in [0.3, 0.4) is 0 Å². The average molecular weight is 359 g/mol. The monoisotopic (exact) mass is 358 g/mol. The molecule has 7 nitrogen and oxygen atoms in total. The van der Waals surface area contributed by atoms with E-state index in [9.17, 15) is 9.90 Å². The smallest absolute Gasteiger partial charge is 0.231 e. The van der Waals surface area contributed by atoms with Gasteiger partial charge in [-0.2, -0.15) is 0 Å². The lowest BCUT2D eigenvalue weighted by atomic mass is 10.1. The molecule has 1 fully saturated rings. The van der Waals surface area contributed by atoms with Gasteiger partial charge in [0.05, 0.1) is 0 Å². The van der Waals surface area contributed by atoms with Gasteiger partial charge in [-0.25, -0.2) is 0 Å². The third-order valence-corrected chi connectivity index (χ3v) is 4.14. The van der Waals surface area contributed by atoms with Crippen molar-refractivity contribution >= 4 is 18.3 Å². The number of amides is 1. The van der Waals surface area contributed by atoms with Gasteiger partial charge >= 0.3 is 0 Å². The number of carbonyl (C=O) groups is 1. The van der Waals surface area contributed by atoms with Crippen LogP contribution in [0.15, 0.2) is 18.2 Å². The predicted octanol–water partition coefficient (Wildman–Crippen LogP) is 0.820. The summed E-state index contributed by atoms with van der Waals surface area (Å²) in [6.07, 6.45) is 1.64. The maximum Gasteiger partial charge on any atom is 0.231 e. The summed E-state index contributed by atoms with van der Waals surface area (Å²) >= 11 is 0. The minimum atomic E-state index is -0.778. The normalized spacial score (nSPS) is 22.6. The zero-order valence-corrected chi connectivity index (χ0v) is 14.1. The fourth-order valence-corrected chi connectivity index (χ4v) is 2.84. The van der Waals surface area contributed by atoms with Crippen molar-refractivity contribution in [3.8, 4) is 17.2 Å². The van der Waals surface area contributed by atoms with Crippen LogP contribution in [0.4, 0.5) is 0 Å². The number of nitrogens with one attached hydrogen (secondary N) is 1. The highest BCUT2D eigenvalue weighted by molar-refractivity contribution is 5.85. The first-order valence-corrected chi connectivity index (χ1v) is 7.85. The van der Waals surface area contributed by atoms with E-state index in [0.717, 1.165) is 19.3 Å². The summed E-state index contributed by atoms with van der Waals surface area (Å²) in [4.78, 5) is 11.9. The molecular weight excluding hydrogens is 336 g/mol. The molecule has 1 saturated carbocycles. The Morgan fingerprint density at radius 3 is 2.92 bits per heavy atom. The molecule has 0 saturated heterocycles. The zero-order valence-electron chi connectivity index (χ0n) is 13.3. The second-order valence-corrected chi connectivity index (χ2v) is 6.00. The molecule has 0 spiro atoms. The molecule has 2 aliphatic rings. The van der Waals surface area contributed by atoms with Crippen molar-refractivity contribution < 1.29 is 24.1 Å². The van der Waals surface area contributed by atoms with Crippen LogP contribution in [0.5, 0.6) is 17.2 Å². The van der Waals surface area contributed by atoms with Crippen LogP contribution in [0.2, 0.25) is 0 Å². The summed E-state index contributed by atoms with van der Waals surface area (Å²) in [5.74, 6) is 1.82. The van der Waals surface area contributed by atoms with Gasteiger partial charge in [-0.15, -0.1) is 12.4 Å². The second kappa shape index (κ2) is 8.41. The van der Waals surface area contributed by atoms with Crippen molar-refractivity contribution in [2.45, 2.75) is 31.4 Å². The number of hydrogen-bond acceptors (Lipinski definition) is 6. The van der Waals surface area contributed by atoms with Gasteiger partial charge in [-0.3, -0.25) is 4.79 Å². The van der Waals surface area contributed by atoms with E-state index < -0.39 is 6.10 Å². The third-order valence-electron chi connectivity index (χ3n) is 4.14. The molecule has 24 heavy (non-hydrogen) atoms. The quantitative estimate of drug-likeness (QED) is 0.695. The van der Waals surface area contributed by atoms with E-state index in [0.29, 0.717) is 17.2 Å². The zero-order chi connectivity index (χ0) is 16.2. The molecule has 1 aliphatic heterocycles. The topological polar surface area (TPSA) is 103 Å². The maximum absolute atomic E-state index is 11.9. The van der Waals surface area contributed by atoms with E-state index in [-0.39, 0.29) is 50.2 Å². The van der Waals surface area contributed by atoms with Gasteiger partial charge in [0.15, 0.2) is 11.5 Å². The molecule has 4 N–H and O–H groups in total. The van der Waals surface area contributed by atoms with Crippen LogP contribution in [-0.2, 0) is 4.79 Å². The Labute approximate surface area is 146 Å². The van der Waals surface area contributed by atoms with Crippen LogP contribution in [0.25, 0.3) is 0 Å². The Balaban J connectivity index is 0.00000208. The van der Waals surface area contributed by atoms with Gasteiger partial charge in [-0.1, -0.05) is 0 Å². The Hall–Kier alpha value is -1.70. The van der Waals surface area contributed by atoms with Gasteiger partial charge in [0.1, 0.15) is 18.5 Å². The van der Waals surface area contributed by atoms with Crippen molar-refractivity contribution in [3.63, 3.8) is 0 Å². The Morgan fingerprint density at radius 2 is 2.17 bits per heavy atom. The van der Waals surface area contributed by atoms with Gasteiger partial charge in [0.25, 0.3) is 0 Å². The SMILES string of the molecule is Cl.NC1CCC(C(=O)NCC(O)COc2ccc3c(c2)OCO3)C1. The molecule has 0 aromatic heterocycles. The number of fused-ring (bicyclic) bond motifs is 1. The first-order valence-electron chi connectivity index (χ1n) is 7.85. The molecule has 1 amide bonds. The number of halogens is 1. The molecule has 3 rings (SSSR count).